The van der Waals surface area contributed by atoms with Crippen LogP contribution in [-0.2, 0) is 0 Å². The molecule has 0 spiro atoms. The average molecular weight is 312 g/mol. The highest BCUT2D eigenvalue weighted by Crippen LogP contribution is 2.30. The van der Waals surface area contributed by atoms with Crippen molar-refractivity contribution in [2.45, 2.75) is 19.3 Å². The van der Waals surface area contributed by atoms with Gasteiger partial charge in [0.25, 0.3) is 0 Å². The number of benzene rings is 2. The number of phenolic OH excluding ortho intramolecular Hbond substituents is 1. The summed E-state index contributed by atoms with van der Waals surface area (Å²) in [6.45, 7) is 4.05. The van der Waals surface area contributed by atoms with Crippen molar-refractivity contribution in [3.63, 3.8) is 0 Å². The van der Waals surface area contributed by atoms with Gasteiger partial charge in [-0.2, -0.15) is 0 Å². The molecular formula is C19H22NO3. The first-order valence-corrected chi connectivity index (χ1v) is 8.14. The average Bonchev–Trinajstić information content (AvgIpc) is 2.59. The monoisotopic (exact) mass is 312 g/mol. The number of aromatic hydroxyl groups is 1. The first-order valence-electron chi connectivity index (χ1n) is 8.14. The van der Waals surface area contributed by atoms with Crippen molar-refractivity contribution in [3.8, 4) is 23.0 Å². The smallest absolute Gasteiger partial charge is 0.176 e. The molecule has 1 aliphatic heterocycles. The third kappa shape index (κ3) is 4.63. The molecule has 1 aliphatic rings. The van der Waals surface area contributed by atoms with Gasteiger partial charge in [0.15, 0.2) is 11.5 Å². The molecule has 1 radical (unpaired) electrons. The van der Waals surface area contributed by atoms with E-state index in [1.807, 2.05) is 24.3 Å². The molecule has 0 saturated carbocycles. The van der Waals surface area contributed by atoms with Crippen LogP contribution in [0, 0.1) is 6.07 Å². The van der Waals surface area contributed by atoms with Crippen molar-refractivity contribution in [2.75, 3.05) is 26.2 Å². The normalized spacial score (nSPS) is 15.3. The van der Waals surface area contributed by atoms with E-state index < -0.39 is 0 Å². The van der Waals surface area contributed by atoms with Crippen LogP contribution in [0.1, 0.15) is 19.3 Å². The van der Waals surface area contributed by atoms with E-state index in [0.29, 0.717) is 18.1 Å². The number of piperidine rings is 1. The number of nitrogens with zero attached hydrogens (tertiary/aromatic N) is 1. The highest BCUT2D eigenvalue weighted by molar-refractivity contribution is 5.41. The van der Waals surface area contributed by atoms with E-state index in [2.05, 4.69) is 11.0 Å². The molecule has 23 heavy (non-hydrogen) atoms. The van der Waals surface area contributed by atoms with Gasteiger partial charge in [0, 0.05) is 12.6 Å². The zero-order valence-corrected chi connectivity index (χ0v) is 13.2. The molecule has 0 bridgehead atoms. The van der Waals surface area contributed by atoms with Gasteiger partial charge in [-0.3, -0.25) is 4.90 Å². The SMILES string of the molecule is Oc1ccc[c]c1Oc1ccc(OCCN2CCCCC2)cc1. The van der Waals surface area contributed by atoms with E-state index in [1.165, 1.54) is 32.4 Å². The lowest BCUT2D eigenvalue weighted by atomic mass is 10.1. The quantitative estimate of drug-likeness (QED) is 0.880. The Morgan fingerprint density at radius 3 is 2.48 bits per heavy atom. The molecule has 2 aromatic rings. The third-order valence-electron chi connectivity index (χ3n) is 3.97. The Hall–Kier alpha value is -2.20. The largest absolute Gasteiger partial charge is 0.504 e. The summed E-state index contributed by atoms with van der Waals surface area (Å²) in [7, 11) is 0. The molecule has 0 aliphatic carbocycles. The van der Waals surface area contributed by atoms with E-state index in [4.69, 9.17) is 9.47 Å². The van der Waals surface area contributed by atoms with Crippen LogP contribution in [0.25, 0.3) is 0 Å². The molecule has 0 aromatic heterocycles. The van der Waals surface area contributed by atoms with Crippen LogP contribution < -0.4 is 9.47 Å². The van der Waals surface area contributed by atoms with Crippen LogP contribution in [0.15, 0.2) is 42.5 Å². The van der Waals surface area contributed by atoms with Crippen LogP contribution in [0.2, 0.25) is 0 Å². The number of phenols is 1. The van der Waals surface area contributed by atoms with Crippen LogP contribution in [0.3, 0.4) is 0 Å². The molecule has 4 nitrogen and oxygen atoms in total. The van der Waals surface area contributed by atoms with Gasteiger partial charge >= 0.3 is 0 Å². The maximum absolute atomic E-state index is 9.68. The van der Waals surface area contributed by atoms with Crippen LogP contribution in [-0.4, -0.2) is 36.2 Å². The lowest BCUT2D eigenvalue weighted by Gasteiger charge is -2.26. The van der Waals surface area contributed by atoms with Gasteiger partial charge in [-0.25, -0.2) is 0 Å². The molecule has 0 unspecified atom stereocenters. The van der Waals surface area contributed by atoms with E-state index >= 15 is 0 Å². The second kappa shape index (κ2) is 7.88. The number of hydrogen-bond acceptors (Lipinski definition) is 4. The molecule has 121 valence electrons. The number of rotatable bonds is 6. The lowest BCUT2D eigenvalue weighted by molar-refractivity contribution is 0.183. The van der Waals surface area contributed by atoms with Crippen LogP contribution in [0.4, 0.5) is 0 Å². The number of hydrogen-bond donors (Lipinski definition) is 1. The number of ether oxygens (including phenoxy) is 2. The summed E-state index contributed by atoms with van der Waals surface area (Å²) < 4.78 is 11.4. The van der Waals surface area contributed by atoms with Crippen LogP contribution in [0.5, 0.6) is 23.0 Å². The van der Waals surface area contributed by atoms with Crippen LogP contribution >= 0.6 is 0 Å². The van der Waals surface area contributed by atoms with E-state index in [-0.39, 0.29) is 5.75 Å². The Morgan fingerprint density at radius 2 is 1.74 bits per heavy atom. The molecule has 1 heterocycles. The first kappa shape index (κ1) is 15.7. The second-order valence-corrected chi connectivity index (χ2v) is 5.71. The molecule has 1 fully saturated rings. The fourth-order valence-corrected chi connectivity index (χ4v) is 2.69. The summed E-state index contributed by atoms with van der Waals surface area (Å²) in [5.41, 5.74) is 0. The first-order chi connectivity index (χ1) is 11.3. The van der Waals surface area contributed by atoms with E-state index in [9.17, 15) is 5.11 Å². The highest BCUT2D eigenvalue weighted by atomic mass is 16.5. The van der Waals surface area contributed by atoms with Gasteiger partial charge in [0.05, 0.1) is 0 Å². The Morgan fingerprint density at radius 1 is 1.00 bits per heavy atom. The van der Waals surface area contributed by atoms with Gasteiger partial charge in [0.1, 0.15) is 18.1 Å². The topological polar surface area (TPSA) is 41.9 Å². The molecule has 0 atom stereocenters. The Kier molecular flexibility index (Phi) is 5.37. The molecular weight excluding hydrogens is 290 g/mol. The van der Waals surface area contributed by atoms with Crippen molar-refractivity contribution in [2.24, 2.45) is 0 Å². The number of likely N-dealkylation sites (tertiary alicyclic amines) is 1. The van der Waals surface area contributed by atoms with Gasteiger partial charge < -0.3 is 14.6 Å². The summed E-state index contributed by atoms with van der Waals surface area (Å²) in [5.74, 6) is 1.88. The zero-order valence-electron chi connectivity index (χ0n) is 13.2. The van der Waals surface area contributed by atoms with Crippen molar-refractivity contribution < 1.29 is 14.6 Å². The van der Waals surface area contributed by atoms with Crippen molar-refractivity contribution in [1.29, 1.82) is 0 Å². The molecule has 1 saturated heterocycles. The zero-order chi connectivity index (χ0) is 15.9. The number of para-hydroxylation sites is 1. The minimum Gasteiger partial charge on any atom is -0.504 e. The predicted molar refractivity (Wildman–Crippen MR) is 89.2 cm³/mol. The summed E-state index contributed by atoms with van der Waals surface area (Å²) in [4.78, 5) is 2.45. The van der Waals surface area contributed by atoms with Gasteiger partial charge in [-0.05, 0) is 56.3 Å². The van der Waals surface area contributed by atoms with E-state index in [0.717, 1.165) is 12.3 Å². The minimum absolute atomic E-state index is 0.0781. The van der Waals surface area contributed by atoms with Gasteiger partial charge in [-0.15, -0.1) is 0 Å². The van der Waals surface area contributed by atoms with Crippen molar-refractivity contribution in [1.82, 2.24) is 4.90 Å². The standard InChI is InChI=1S/C19H22NO3/c21-18-6-2-3-7-19(18)23-17-10-8-16(9-11-17)22-15-14-20-12-4-1-5-13-20/h2-3,6,8-11,21H,1,4-5,12-15H2. The Balaban J connectivity index is 1.48. The molecule has 1 N–H and O–H groups in total. The third-order valence-corrected chi connectivity index (χ3v) is 3.97. The summed E-state index contributed by atoms with van der Waals surface area (Å²) in [5, 5.41) is 9.68. The Labute approximate surface area is 137 Å². The minimum atomic E-state index is 0.0781. The predicted octanol–water partition coefficient (Wildman–Crippen LogP) is 3.85. The highest BCUT2D eigenvalue weighted by Gasteiger charge is 2.09. The second-order valence-electron chi connectivity index (χ2n) is 5.71. The maximum atomic E-state index is 9.68. The molecule has 2 aromatic carbocycles. The summed E-state index contributed by atoms with van der Waals surface area (Å²) >= 11 is 0. The fourth-order valence-electron chi connectivity index (χ4n) is 2.69. The summed E-state index contributed by atoms with van der Waals surface area (Å²) in [6, 6.07) is 15.3. The fraction of sp³-hybridized carbons (Fsp3) is 0.368. The van der Waals surface area contributed by atoms with Gasteiger partial charge in [-0.1, -0.05) is 18.6 Å². The van der Waals surface area contributed by atoms with Gasteiger partial charge in [0.2, 0.25) is 0 Å². The summed E-state index contributed by atoms with van der Waals surface area (Å²) in [6.07, 6.45) is 3.96. The van der Waals surface area contributed by atoms with Crippen molar-refractivity contribution in [3.05, 3.63) is 48.5 Å². The van der Waals surface area contributed by atoms with E-state index in [1.54, 1.807) is 18.2 Å². The molecule has 0 amide bonds. The molecule has 3 rings (SSSR count). The molecule has 4 heteroatoms. The van der Waals surface area contributed by atoms with Crippen molar-refractivity contribution >= 4 is 0 Å². The maximum Gasteiger partial charge on any atom is 0.176 e. The Bertz CT molecular complexity index is 606. The lowest BCUT2D eigenvalue weighted by Crippen LogP contribution is -2.33.